The zero-order chi connectivity index (χ0) is 25.3. The minimum Gasteiger partial charge on any atom is -0.485 e. The number of fused-ring (bicyclic) bond motifs is 2. The summed E-state index contributed by atoms with van der Waals surface area (Å²) in [5, 5.41) is 2.84. The van der Waals surface area contributed by atoms with Crippen LogP contribution in [0.25, 0.3) is 11.1 Å². The van der Waals surface area contributed by atoms with Crippen LogP contribution in [0.5, 0.6) is 5.75 Å². The Morgan fingerprint density at radius 2 is 1.92 bits per heavy atom. The van der Waals surface area contributed by atoms with E-state index in [0.29, 0.717) is 36.4 Å². The smallest absolute Gasteiger partial charge is 0.261 e. The van der Waals surface area contributed by atoms with Gasteiger partial charge in [-0.1, -0.05) is 48.5 Å². The van der Waals surface area contributed by atoms with E-state index < -0.39 is 5.54 Å². The molecule has 1 spiro atoms. The number of carbonyl (C=O) groups excluding carboxylic acids is 2. The van der Waals surface area contributed by atoms with Crippen LogP contribution in [-0.4, -0.2) is 50.0 Å². The van der Waals surface area contributed by atoms with Crippen molar-refractivity contribution in [2.45, 2.75) is 18.1 Å². The molecule has 8 heteroatoms. The summed E-state index contributed by atoms with van der Waals surface area (Å²) in [6.45, 7) is 0.865. The van der Waals surface area contributed by atoms with Gasteiger partial charge in [0.15, 0.2) is 11.5 Å². The molecule has 2 unspecified atom stereocenters. The van der Waals surface area contributed by atoms with Crippen LogP contribution < -0.4 is 15.8 Å². The van der Waals surface area contributed by atoms with E-state index in [9.17, 15) is 9.59 Å². The van der Waals surface area contributed by atoms with Crippen molar-refractivity contribution < 1.29 is 19.1 Å². The fourth-order valence-corrected chi connectivity index (χ4v) is 4.78. The molecule has 8 nitrogen and oxygen atoms in total. The summed E-state index contributed by atoms with van der Waals surface area (Å²) in [4.78, 5) is 32.2. The quantitative estimate of drug-likeness (QED) is 0.523. The van der Waals surface area contributed by atoms with E-state index in [4.69, 9.17) is 20.2 Å². The predicted octanol–water partition coefficient (Wildman–Crippen LogP) is 3.24. The average Bonchev–Trinajstić information content (AvgIpc) is 3.12. The van der Waals surface area contributed by atoms with Crippen molar-refractivity contribution in [3.63, 3.8) is 0 Å². The summed E-state index contributed by atoms with van der Waals surface area (Å²) < 4.78 is 11.4. The molecular weight excluding hydrogens is 456 g/mol. The minimum absolute atomic E-state index is 0.178. The topological polar surface area (TPSA) is 106 Å². The van der Waals surface area contributed by atoms with Crippen molar-refractivity contribution in [2.24, 2.45) is 10.7 Å². The van der Waals surface area contributed by atoms with Crippen molar-refractivity contribution in [3.05, 3.63) is 89.5 Å². The lowest BCUT2D eigenvalue weighted by Crippen LogP contribution is -2.43. The zero-order valence-corrected chi connectivity index (χ0v) is 20.2. The Morgan fingerprint density at radius 1 is 1.14 bits per heavy atom. The molecule has 2 atom stereocenters. The summed E-state index contributed by atoms with van der Waals surface area (Å²) in [6, 6.07) is 22.9. The number of rotatable bonds is 6. The first-order valence-corrected chi connectivity index (χ1v) is 11.8. The van der Waals surface area contributed by atoms with Gasteiger partial charge in [-0.2, -0.15) is 0 Å². The molecule has 3 aromatic rings. The summed E-state index contributed by atoms with van der Waals surface area (Å²) >= 11 is 0. The molecule has 0 fully saturated rings. The Balaban J connectivity index is 1.55. The van der Waals surface area contributed by atoms with Crippen molar-refractivity contribution in [2.75, 3.05) is 27.3 Å². The summed E-state index contributed by atoms with van der Waals surface area (Å²) in [7, 11) is 3.23. The summed E-state index contributed by atoms with van der Waals surface area (Å²) in [5.41, 5.74) is 8.80. The first-order valence-electron chi connectivity index (χ1n) is 11.8. The molecule has 5 rings (SSSR count). The van der Waals surface area contributed by atoms with E-state index >= 15 is 0 Å². The van der Waals surface area contributed by atoms with Gasteiger partial charge in [0.05, 0.1) is 6.61 Å². The number of nitrogens with zero attached hydrogens (tertiary/aromatic N) is 2. The highest BCUT2D eigenvalue weighted by molar-refractivity contribution is 6.07. The van der Waals surface area contributed by atoms with Crippen LogP contribution in [0.3, 0.4) is 0 Å². The molecule has 0 saturated carbocycles. The van der Waals surface area contributed by atoms with Crippen LogP contribution in [0.2, 0.25) is 0 Å². The number of likely N-dealkylation sites (N-methyl/N-ethyl adjacent to an activating group) is 1. The van der Waals surface area contributed by atoms with Crippen LogP contribution in [-0.2, 0) is 15.1 Å². The number of nitrogens with one attached hydrogen (secondary N) is 1. The highest BCUT2D eigenvalue weighted by Crippen LogP contribution is 2.50. The molecule has 36 heavy (non-hydrogen) atoms. The zero-order valence-electron chi connectivity index (χ0n) is 20.2. The van der Waals surface area contributed by atoms with Crippen molar-refractivity contribution in [1.82, 2.24) is 10.2 Å². The number of aliphatic imine (C=N–C) groups is 1. The highest BCUT2D eigenvalue weighted by Gasteiger charge is 2.53. The van der Waals surface area contributed by atoms with Gasteiger partial charge >= 0.3 is 0 Å². The molecule has 184 valence electrons. The van der Waals surface area contributed by atoms with Gasteiger partial charge in [0.1, 0.15) is 11.9 Å². The van der Waals surface area contributed by atoms with Gasteiger partial charge in [-0.05, 0) is 41.0 Å². The Hall–Kier alpha value is -4.17. The van der Waals surface area contributed by atoms with Crippen LogP contribution in [0, 0.1) is 0 Å². The predicted molar refractivity (Wildman–Crippen MR) is 137 cm³/mol. The second kappa shape index (κ2) is 9.47. The van der Waals surface area contributed by atoms with E-state index in [1.54, 1.807) is 20.2 Å². The lowest BCUT2D eigenvalue weighted by molar-refractivity contribution is -0.132. The number of hydrogen-bond acceptors (Lipinski definition) is 6. The van der Waals surface area contributed by atoms with Gasteiger partial charge in [-0.25, -0.2) is 4.99 Å². The number of carbonyl (C=O) groups is 2. The number of ether oxygens (including phenoxy) is 2. The number of hydrogen-bond donors (Lipinski definition) is 2. The fourth-order valence-electron chi connectivity index (χ4n) is 4.78. The third kappa shape index (κ3) is 4.09. The minimum atomic E-state index is -1.18. The second-order valence-corrected chi connectivity index (χ2v) is 8.96. The standard InChI is InChI=1S/C28H28N4O4/c1-32-26(34)28(31-27(32)29)17-24(18-7-4-3-5-8-18)36-23-12-11-20(16-22(23)28)19-9-6-10-21(15-19)25(33)30-13-14-35-2/h3-12,15-16,24H,13-14,17H2,1-2H3,(H2,29,31)(H,30,33). The van der Waals surface area contributed by atoms with Gasteiger partial charge in [0, 0.05) is 38.2 Å². The molecule has 2 aliphatic rings. The SMILES string of the molecule is COCCNC(=O)c1cccc(-c2ccc3c(c2)C2(CC(c4ccccc4)O3)N=C(N)N(C)C2=O)c1. The maximum absolute atomic E-state index is 13.6. The molecule has 0 aromatic heterocycles. The van der Waals surface area contributed by atoms with Crippen LogP contribution >= 0.6 is 0 Å². The molecule has 2 heterocycles. The van der Waals surface area contributed by atoms with Crippen molar-refractivity contribution in [1.29, 1.82) is 0 Å². The third-order valence-corrected chi connectivity index (χ3v) is 6.70. The summed E-state index contributed by atoms with van der Waals surface area (Å²) in [6.07, 6.45) is -0.0186. The average molecular weight is 485 g/mol. The van der Waals surface area contributed by atoms with E-state index in [1.165, 1.54) is 4.90 Å². The van der Waals surface area contributed by atoms with Gasteiger partial charge in [0.2, 0.25) is 0 Å². The van der Waals surface area contributed by atoms with Gasteiger partial charge in [-0.15, -0.1) is 0 Å². The molecule has 2 aliphatic heterocycles. The normalized spacial score (nSPS) is 20.6. The van der Waals surface area contributed by atoms with E-state index in [1.807, 2.05) is 66.7 Å². The Morgan fingerprint density at radius 3 is 2.64 bits per heavy atom. The number of methoxy groups -OCH3 is 1. The molecule has 0 aliphatic carbocycles. The van der Waals surface area contributed by atoms with Crippen molar-refractivity contribution >= 4 is 17.8 Å². The lowest BCUT2D eigenvalue weighted by Gasteiger charge is -2.37. The van der Waals surface area contributed by atoms with E-state index in [-0.39, 0.29) is 23.9 Å². The first-order chi connectivity index (χ1) is 17.4. The van der Waals surface area contributed by atoms with E-state index in [2.05, 4.69) is 5.32 Å². The van der Waals surface area contributed by atoms with E-state index in [0.717, 1.165) is 16.7 Å². The maximum Gasteiger partial charge on any atom is 0.261 e. The second-order valence-electron chi connectivity index (χ2n) is 8.96. The first kappa shape index (κ1) is 23.6. The van der Waals surface area contributed by atoms with Gasteiger partial charge in [0.25, 0.3) is 11.8 Å². The molecule has 2 amide bonds. The van der Waals surface area contributed by atoms with Crippen LogP contribution in [0.15, 0.2) is 77.8 Å². The molecule has 0 bridgehead atoms. The summed E-state index contributed by atoms with van der Waals surface area (Å²) in [5.74, 6) is 0.406. The third-order valence-electron chi connectivity index (χ3n) is 6.70. The number of benzene rings is 3. The largest absolute Gasteiger partial charge is 0.485 e. The molecule has 0 radical (unpaired) electrons. The fraction of sp³-hybridized carbons (Fsp3) is 0.250. The van der Waals surface area contributed by atoms with Crippen molar-refractivity contribution in [3.8, 4) is 16.9 Å². The lowest BCUT2D eigenvalue weighted by atomic mass is 9.79. The number of guanidine groups is 1. The molecule has 3 aromatic carbocycles. The van der Waals surface area contributed by atoms with Gasteiger partial charge < -0.3 is 20.5 Å². The monoisotopic (exact) mass is 484 g/mol. The number of nitrogens with two attached hydrogens (primary N) is 1. The Kier molecular flexibility index (Phi) is 6.20. The van der Waals surface area contributed by atoms with Gasteiger partial charge in [-0.3, -0.25) is 14.5 Å². The number of amides is 2. The van der Waals surface area contributed by atoms with Crippen LogP contribution in [0.1, 0.15) is 34.0 Å². The Bertz CT molecular complexity index is 1340. The van der Waals surface area contributed by atoms with Crippen LogP contribution in [0.4, 0.5) is 0 Å². The molecule has 0 saturated heterocycles. The molecular formula is C28H28N4O4. The Labute approximate surface area is 209 Å². The molecule has 3 N–H and O–H groups in total. The highest BCUT2D eigenvalue weighted by atomic mass is 16.5. The maximum atomic E-state index is 13.6.